The van der Waals surface area contributed by atoms with Crippen molar-refractivity contribution in [3.05, 3.63) is 0 Å². The van der Waals surface area contributed by atoms with Gasteiger partial charge in [0.2, 0.25) is 0 Å². The first-order valence-corrected chi connectivity index (χ1v) is 3.77. The van der Waals surface area contributed by atoms with Gasteiger partial charge < -0.3 is 0 Å². The molecule has 1 atom stereocenters. The predicted molar refractivity (Wildman–Crippen MR) is 39.7 cm³/mol. The molecule has 0 aromatic carbocycles. The fourth-order valence-corrected chi connectivity index (χ4v) is 1.50. The lowest BCUT2D eigenvalue weighted by Crippen LogP contribution is -2.02. The summed E-state index contributed by atoms with van der Waals surface area (Å²) in [6.45, 7) is 1.79. The van der Waals surface area contributed by atoms with Gasteiger partial charge in [-0.15, -0.1) is 0 Å². The maximum absolute atomic E-state index is 10.7. The average Bonchev–Trinajstić information content (AvgIpc) is 2.14. The Hall–Kier alpha value is -0.820. The third kappa shape index (κ3) is 1.36. The van der Waals surface area contributed by atoms with Gasteiger partial charge in [0.1, 0.15) is 0 Å². The minimum Gasteiger partial charge on any atom is -0.271 e. The van der Waals surface area contributed by atoms with E-state index in [1.54, 1.807) is 6.92 Å². The molecule has 1 heterocycles. The molecule has 1 aliphatic rings. The highest BCUT2D eigenvalue weighted by Crippen LogP contribution is 2.22. The monoisotopic (exact) mass is 154 g/mol. The van der Waals surface area contributed by atoms with Crippen LogP contribution < -0.4 is 0 Å². The van der Waals surface area contributed by atoms with Crippen molar-refractivity contribution in [2.45, 2.75) is 18.6 Å². The fourth-order valence-electron chi connectivity index (χ4n) is 0.643. The summed E-state index contributed by atoms with van der Waals surface area (Å²) < 4.78 is 0. The number of nitrogens with zero attached hydrogens (tertiary/aromatic N) is 2. The Morgan fingerprint density at radius 2 is 2.60 bits per heavy atom. The number of carbonyl (C=O) groups excluding carboxylic acids is 1. The highest BCUT2D eigenvalue weighted by Gasteiger charge is 2.22. The van der Waals surface area contributed by atoms with E-state index in [1.807, 2.05) is 6.07 Å². The van der Waals surface area contributed by atoms with E-state index in [0.717, 1.165) is 0 Å². The zero-order chi connectivity index (χ0) is 7.56. The molecule has 0 saturated heterocycles. The highest BCUT2D eigenvalue weighted by atomic mass is 32.2. The van der Waals surface area contributed by atoms with E-state index in [4.69, 9.17) is 5.26 Å². The summed E-state index contributed by atoms with van der Waals surface area (Å²) in [5.74, 6) is -0.116. The van der Waals surface area contributed by atoms with Crippen LogP contribution in [0.3, 0.4) is 0 Å². The summed E-state index contributed by atoms with van der Waals surface area (Å²) >= 11 is 1.38. The van der Waals surface area contributed by atoms with Crippen molar-refractivity contribution in [2.24, 2.45) is 4.99 Å². The number of carbonyl (C=O) groups is 1. The Balaban J connectivity index is 2.61. The molecule has 1 aliphatic heterocycles. The molecule has 3 nitrogen and oxygen atoms in total. The SMILES string of the molecule is C[C@@H]1SC(CC#N)=NC1=O. The molecule has 0 aliphatic carbocycles. The molecule has 0 spiro atoms. The number of hydrogen-bond acceptors (Lipinski definition) is 3. The number of rotatable bonds is 1. The Morgan fingerprint density at radius 1 is 1.90 bits per heavy atom. The molecule has 0 N–H and O–H groups in total. The first-order chi connectivity index (χ1) is 4.74. The highest BCUT2D eigenvalue weighted by molar-refractivity contribution is 8.15. The lowest BCUT2D eigenvalue weighted by molar-refractivity contribution is -0.116. The zero-order valence-electron chi connectivity index (χ0n) is 5.50. The lowest BCUT2D eigenvalue weighted by Gasteiger charge is -1.92. The summed E-state index contributed by atoms with van der Waals surface area (Å²) in [5, 5.41) is 8.82. The second-order valence-corrected chi connectivity index (χ2v) is 3.35. The summed E-state index contributed by atoms with van der Waals surface area (Å²) in [7, 11) is 0. The fraction of sp³-hybridized carbons (Fsp3) is 0.500. The van der Waals surface area contributed by atoms with Gasteiger partial charge in [0.15, 0.2) is 0 Å². The summed E-state index contributed by atoms with van der Waals surface area (Å²) in [5.41, 5.74) is 0. The van der Waals surface area contributed by atoms with E-state index < -0.39 is 0 Å². The van der Waals surface area contributed by atoms with Crippen molar-refractivity contribution in [1.29, 1.82) is 5.26 Å². The van der Waals surface area contributed by atoms with E-state index in [9.17, 15) is 4.79 Å². The van der Waals surface area contributed by atoms with E-state index in [0.29, 0.717) is 5.04 Å². The molecule has 0 aromatic rings. The predicted octanol–water partition coefficient (Wildman–Crippen LogP) is 0.960. The molecule has 52 valence electrons. The molecule has 0 bridgehead atoms. The van der Waals surface area contributed by atoms with Crippen LogP contribution in [-0.4, -0.2) is 16.2 Å². The van der Waals surface area contributed by atoms with E-state index >= 15 is 0 Å². The van der Waals surface area contributed by atoms with Crippen LogP contribution in [0, 0.1) is 11.3 Å². The molecule has 0 aromatic heterocycles. The Kier molecular flexibility index (Phi) is 2.07. The second-order valence-electron chi connectivity index (χ2n) is 1.94. The standard InChI is InChI=1S/C6H6N2OS/c1-4-6(9)8-5(10-4)2-3-7/h4H,2H2,1H3/t4-/m0/s1. The summed E-state index contributed by atoms with van der Waals surface area (Å²) in [6.07, 6.45) is 0.265. The van der Waals surface area contributed by atoms with Crippen molar-refractivity contribution in [1.82, 2.24) is 0 Å². The lowest BCUT2D eigenvalue weighted by atomic mass is 10.4. The smallest absolute Gasteiger partial charge is 0.259 e. The van der Waals surface area contributed by atoms with Gasteiger partial charge in [-0.25, -0.2) is 4.99 Å². The number of aliphatic imine (C=N–C) groups is 1. The normalized spacial score (nSPS) is 24.2. The molecular formula is C6H6N2OS. The van der Waals surface area contributed by atoms with Gasteiger partial charge in [0, 0.05) is 0 Å². The van der Waals surface area contributed by atoms with Crippen LogP contribution in [0.15, 0.2) is 4.99 Å². The van der Waals surface area contributed by atoms with Gasteiger partial charge in [-0.3, -0.25) is 4.79 Å². The van der Waals surface area contributed by atoms with Crippen LogP contribution in [0.2, 0.25) is 0 Å². The molecule has 0 saturated carbocycles. The molecule has 1 rings (SSSR count). The minimum absolute atomic E-state index is 0.0802. The average molecular weight is 154 g/mol. The number of amides is 1. The van der Waals surface area contributed by atoms with Crippen molar-refractivity contribution in [3.8, 4) is 6.07 Å². The van der Waals surface area contributed by atoms with Gasteiger partial charge in [-0.05, 0) is 6.92 Å². The van der Waals surface area contributed by atoms with Crippen LogP contribution >= 0.6 is 11.8 Å². The number of hydrogen-bond donors (Lipinski definition) is 0. The van der Waals surface area contributed by atoms with Gasteiger partial charge in [-0.2, -0.15) is 5.26 Å². The Morgan fingerprint density at radius 3 is 3.00 bits per heavy atom. The third-order valence-corrected chi connectivity index (χ3v) is 2.19. The van der Waals surface area contributed by atoms with E-state index in [-0.39, 0.29) is 17.6 Å². The Labute approximate surface area is 63.1 Å². The molecule has 10 heavy (non-hydrogen) atoms. The molecule has 0 fully saturated rings. The van der Waals surface area contributed by atoms with Crippen LogP contribution in [0.25, 0.3) is 0 Å². The quantitative estimate of drug-likeness (QED) is 0.565. The first kappa shape index (κ1) is 7.29. The maximum atomic E-state index is 10.7. The molecule has 4 heteroatoms. The number of nitriles is 1. The topological polar surface area (TPSA) is 53.2 Å². The molecule has 0 unspecified atom stereocenters. The summed E-state index contributed by atoms with van der Waals surface area (Å²) in [6, 6.07) is 1.95. The zero-order valence-corrected chi connectivity index (χ0v) is 6.31. The van der Waals surface area contributed by atoms with Crippen LogP contribution in [0.4, 0.5) is 0 Å². The van der Waals surface area contributed by atoms with Crippen LogP contribution in [0.5, 0.6) is 0 Å². The second kappa shape index (κ2) is 2.84. The number of thioether (sulfide) groups is 1. The largest absolute Gasteiger partial charge is 0.271 e. The van der Waals surface area contributed by atoms with Gasteiger partial charge >= 0.3 is 0 Å². The van der Waals surface area contributed by atoms with Crippen LogP contribution in [-0.2, 0) is 4.79 Å². The van der Waals surface area contributed by atoms with Crippen molar-refractivity contribution in [2.75, 3.05) is 0 Å². The molecule has 1 amide bonds. The van der Waals surface area contributed by atoms with Crippen molar-refractivity contribution in [3.63, 3.8) is 0 Å². The Bertz CT molecular complexity index is 228. The van der Waals surface area contributed by atoms with Gasteiger partial charge in [0.05, 0.1) is 22.8 Å². The third-order valence-electron chi connectivity index (χ3n) is 1.13. The molecule has 0 radical (unpaired) electrons. The van der Waals surface area contributed by atoms with E-state index in [1.165, 1.54) is 11.8 Å². The van der Waals surface area contributed by atoms with Crippen molar-refractivity contribution >= 4 is 22.7 Å². The molecular weight excluding hydrogens is 148 g/mol. The van der Waals surface area contributed by atoms with Gasteiger partial charge in [-0.1, -0.05) is 11.8 Å². The maximum Gasteiger partial charge on any atom is 0.259 e. The summed E-state index contributed by atoms with van der Waals surface area (Å²) in [4.78, 5) is 14.4. The van der Waals surface area contributed by atoms with Crippen molar-refractivity contribution < 1.29 is 4.79 Å². The first-order valence-electron chi connectivity index (χ1n) is 2.89. The van der Waals surface area contributed by atoms with Crippen LogP contribution in [0.1, 0.15) is 13.3 Å². The minimum atomic E-state index is -0.116. The van der Waals surface area contributed by atoms with E-state index in [2.05, 4.69) is 4.99 Å². The van der Waals surface area contributed by atoms with Gasteiger partial charge in [0.25, 0.3) is 5.91 Å².